The van der Waals surface area contributed by atoms with Crippen LogP contribution in [0.3, 0.4) is 0 Å². The fraction of sp³-hybridized carbons (Fsp3) is 0. The average molecular weight is 476 g/mol. The SMILES string of the molecule is Clc1cc(Cl)cc(-c2ccc3cc(-c4ccc(-c5cccc6ccccc56)cc4)cnc3c2)c1. The molecule has 0 saturated heterocycles. The lowest BCUT2D eigenvalue weighted by Gasteiger charge is -2.09. The highest BCUT2D eigenvalue weighted by molar-refractivity contribution is 6.35. The van der Waals surface area contributed by atoms with Gasteiger partial charge in [0.25, 0.3) is 0 Å². The molecule has 3 heteroatoms. The minimum Gasteiger partial charge on any atom is -0.256 e. The van der Waals surface area contributed by atoms with Crippen molar-refractivity contribution in [3.8, 4) is 33.4 Å². The minimum atomic E-state index is 0.623. The molecule has 0 bridgehead atoms. The van der Waals surface area contributed by atoms with Crippen LogP contribution in [0.15, 0.2) is 115 Å². The van der Waals surface area contributed by atoms with Gasteiger partial charge in [0.05, 0.1) is 5.52 Å². The van der Waals surface area contributed by atoms with Crippen LogP contribution < -0.4 is 0 Å². The molecule has 1 aromatic heterocycles. The van der Waals surface area contributed by atoms with E-state index in [4.69, 9.17) is 28.2 Å². The number of fused-ring (bicyclic) bond motifs is 2. The first-order valence-electron chi connectivity index (χ1n) is 11.1. The summed E-state index contributed by atoms with van der Waals surface area (Å²) >= 11 is 12.4. The third-order valence-corrected chi connectivity index (χ3v) is 6.64. The van der Waals surface area contributed by atoms with Gasteiger partial charge in [-0.2, -0.15) is 0 Å². The lowest BCUT2D eigenvalue weighted by Crippen LogP contribution is -1.86. The van der Waals surface area contributed by atoms with Crippen molar-refractivity contribution in [3.05, 3.63) is 125 Å². The van der Waals surface area contributed by atoms with E-state index in [9.17, 15) is 0 Å². The summed E-state index contributed by atoms with van der Waals surface area (Å²) in [6, 6.07) is 37.7. The summed E-state index contributed by atoms with van der Waals surface area (Å²) in [4.78, 5) is 4.74. The Morgan fingerprint density at radius 1 is 0.471 bits per heavy atom. The fourth-order valence-corrected chi connectivity index (χ4v) is 5.02. The summed E-state index contributed by atoms with van der Waals surface area (Å²) in [5.74, 6) is 0. The molecule has 0 atom stereocenters. The van der Waals surface area contributed by atoms with Gasteiger partial charge < -0.3 is 0 Å². The van der Waals surface area contributed by atoms with E-state index >= 15 is 0 Å². The zero-order valence-corrected chi connectivity index (χ0v) is 19.7. The van der Waals surface area contributed by atoms with Crippen LogP contribution in [-0.2, 0) is 0 Å². The van der Waals surface area contributed by atoms with Crippen molar-refractivity contribution in [2.45, 2.75) is 0 Å². The topological polar surface area (TPSA) is 12.9 Å². The number of rotatable bonds is 3. The zero-order valence-electron chi connectivity index (χ0n) is 18.2. The maximum absolute atomic E-state index is 6.19. The molecule has 0 aliphatic carbocycles. The molecule has 0 radical (unpaired) electrons. The summed E-state index contributed by atoms with van der Waals surface area (Å²) in [6.45, 7) is 0. The van der Waals surface area contributed by atoms with Crippen LogP contribution >= 0.6 is 23.2 Å². The molecule has 5 aromatic carbocycles. The standard InChI is InChI=1S/C31H19Cl2N/c32-27-15-25(16-28(33)18-27)23-12-13-24-14-26(19-34-31(24)17-23)20-8-10-22(11-9-20)30-7-3-5-21-4-1-2-6-29(21)30/h1-19H. The van der Waals surface area contributed by atoms with Crippen molar-refractivity contribution in [2.75, 3.05) is 0 Å². The highest BCUT2D eigenvalue weighted by Crippen LogP contribution is 2.32. The Morgan fingerprint density at radius 3 is 2.00 bits per heavy atom. The van der Waals surface area contributed by atoms with E-state index in [0.29, 0.717) is 10.0 Å². The monoisotopic (exact) mass is 475 g/mol. The summed E-state index contributed by atoms with van der Waals surface area (Å²) in [5.41, 5.74) is 7.64. The van der Waals surface area contributed by atoms with E-state index < -0.39 is 0 Å². The van der Waals surface area contributed by atoms with E-state index in [1.807, 2.05) is 18.3 Å². The predicted molar refractivity (Wildman–Crippen MR) is 146 cm³/mol. The number of hydrogen-bond donors (Lipinski definition) is 0. The Morgan fingerprint density at radius 2 is 1.18 bits per heavy atom. The first-order valence-corrected chi connectivity index (χ1v) is 11.8. The average Bonchev–Trinajstić information content (AvgIpc) is 2.87. The quantitative estimate of drug-likeness (QED) is 0.248. The van der Waals surface area contributed by atoms with Crippen LogP contribution in [0.2, 0.25) is 10.0 Å². The van der Waals surface area contributed by atoms with Crippen LogP contribution in [0.25, 0.3) is 55.1 Å². The largest absolute Gasteiger partial charge is 0.256 e. The number of nitrogens with zero attached hydrogens (tertiary/aromatic N) is 1. The molecular formula is C31H19Cl2N. The maximum Gasteiger partial charge on any atom is 0.0708 e. The van der Waals surface area contributed by atoms with E-state index in [1.54, 1.807) is 6.07 Å². The first kappa shape index (κ1) is 20.9. The molecule has 0 aliphatic rings. The van der Waals surface area contributed by atoms with E-state index in [1.165, 1.54) is 21.9 Å². The third kappa shape index (κ3) is 3.94. The van der Waals surface area contributed by atoms with E-state index in [2.05, 4.69) is 91.0 Å². The minimum absolute atomic E-state index is 0.623. The molecule has 1 nitrogen and oxygen atoms in total. The molecule has 162 valence electrons. The molecule has 6 aromatic rings. The highest BCUT2D eigenvalue weighted by atomic mass is 35.5. The Kier molecular flexibility index (Phi) is 5.30. The Bertz CT molecular complexity index is 1640. The smallest absolute Gasteiger partial charge is 0.0708 e. The predicted octanol–water partition coefficient (Wildman–Crippen LogP) is 9.70. The van der Waals surface area contributed by atoms with Crippen LogP contribution in [0, 0.1) is 0 Å². The van der Waals surface area contributed by atoms with Crippen molar-refractivity contribution in [1.29, 1.82) is 0 Å². The van der Waals surface area contributed by atoms with Gasteiger partial charge in [-0.1, -0.05) is 102 Å². The zero-order chi connectivity index (χ0) is 23.1. The summed E-state index contributed by atoms with van der Waals surface area (Å²) in [5, 5.41) is 4.85. The second-order valence-electron chi connectivity index (χ2n) is 8.39. The van der Waals surface area contributed by atoms with Crippen molar-refractivity contribution >= 4 is 44.9 Å². The maximum atomic E-state index is 6.19. The Hall–Kier alpha value is -3.65. The van der Waals surface area contributed by atoms with E-state index in [0.717, 1.165) is 33.2 Å². The van der Waals surface area contributed by atoms with Gasteiger partial charge in [-0.05, 0) is 68.9 Å². The lowest BCUT2D eigenvalue weighted by atomic mass is 9.96. The fourth-order valence-electron chi connectivity index (χ4n) is 4.50. The molecule has 1 heterocycles. The van der Waals surface area contributed by atoms with Crippen LogP contribution in [0.1, 0.15) is 0 Å². The summed E-state index contributed by atoms with van der Waals surface area (Å²) in [7, 11) is 0. The van der Waals surface area contributed by atoms with Gasteiger partial charge in [0.2, 0.25) is 0 Å². The third-order valence-electron chi connectivity index (χ3n) is 6.20. The van der Waals surface area contributed by atoms with E-state index in [-0.39, 0.29) is 0 Å². The second-order valence-corrected chi connectivity index (χ2v) is 9.27. The van der Waals surface area contributed by atoms with Crippen molar-refractivity contribution < 1.29 is 0 Å². The number of pyridine rings is 1. The number of benzene rings is 5. The second kappa shape index (κ2) is 8.61. The molecule has 34 heavy (non-hydrogen) atoms. The Labute approximate surface area is 208 Å². The van der Waals surface area contributed by atoms with Gasteiger partial charge >= 0.3 is 0 Å². The number of aromatic nitrogens is 1. The van der Waals surface area contributed by atoms with Crippen molar-refractivity contribution in [3.63, 3.8) is 0 Å². The van der Waals surface area contributed by atoms with Gasteiger partial charge in [0, 0.05) is 27.2 Å². The molecule has 0 saturated carbocycles. The lowest BCUT2D eigenvalue weighted by molar-refractivity contribution is 1.41. The molecule has 0 amide bonds. The van der Waals surface area contributed by atoms with Gasteiger partial charge in [0.1, 0.15) is 0 Å². The Balaban J connectivity index is 1.34. The van der Waals surface area contributed by atoms with Gasteiger partial charge in [-0.3, -0.25) is 4.98 Å². The molecule has 0 fully saturated rings. The normalized spacial score (nSPS) is 11.2. The first-order chi connectivity index (χ1) is 16.6. The van der Waals surface area contributed by atoms with Gasteiger partial charge in [-0.15, -0.1) is 0 Å². The molecule has 6 rings (SSSR count). The van der Waals surface area contributed by atoms with Crippen LogP contribution in [0.4, 0.5) is 0 Å². The molecule has 0 N–H and O–H groups in total. The molecular weight excluding hydrogens is 457 g/mol. The molecule has 0 unspecified atom stereocenters. The van der Waals surface area contributed by atoms with Gasteiger partial charge in [-0.25, -0.2) is 0 Å². The van der Waals surface area contributed by atoms with Crippen molar-refractivity contribution in [1.82, 2.24) is 4.98 Å². The molecule has 0 aliphatic heterocycles. The van der Waals surface area contributed by atoms with Crippen molar-refractivity contribution in [2.24, 2.45) is 0 Å². The highest BCUT2D eigenvalue weighted by Gasteiger charge is 2.07. The number of halogens is 2. The number of hydrogen-bond acceptors (Lipinski definition) is 1. The van der Waals surface area contributed by atoms with Crippen LogP contribution in [-0.4, -0.2) is 4.98 Å². The summed E-state index contributed by atoms with van der Waals surface area (Å²) < 4.78 is 0. The molecule has 0 spiro atoms. The van der Waals surface area contributed by atoms with Gasteiger partial charge in [0.15, 0.2) is 0 Å². The van der Waals surface area contributed by atoms with Crippen LogP contribution in [0.5, 0.6) is 0 Å². The summed E-state index contributed by atoms with van der Waals surface area (Å²) in [6.07, 6.45) is 1.93.